The number of carbonyl (C=O) groups excluding carboxylic acids is 2. The molecule has 0 radical (unpaired) electrons. The number of allylic oxidation sites excluding steroid dienone is 2. The third-order valence-electron chi connectivity index (χ3n) is 7.46. The summed E-state index contributed by atoms with van der Waals surface area (Å²) >= 11 is 0. The number of hydrogen-bond donors (Lipinski definition) is 0. The largest absolute Gasteiger partial charge is 2.00 e. The summed E-state index contributed by atoms with van der Waals surface area (Å²) in [4.78, 5) is 20.3. The SMILES string of the molecule is CCCCCCCCCCCCCCC/C=C/C(=O)[O-].CCCCCCCCCCCCCCC/C=C/C(=O)[O-].[Zn+2]. The van der Waals surface area contributed by atoms with E-state index in [1.165, 1.54) is 154 Å². The molecule has 0 unspecified atom stereocenters. The van der Waals surface area contributed by atoms with Crippen LogP contribution in [0.2, 0.25) is 0 Å². The second kappa shape index (κ2) is 41.2. The van der Waals surface area contributed by atoms with E-state index in [4.69, 9.17) is 0 Å². The van der Waals surface area contributed by atoms with Gasteiger partial charge in [-0.15, -0.1) is 0 Å². The van der Waals surface area contributed by atoms with E-state index in [0.29, 0.717) is 0 Å². The van der Waals surface area contributed by atoms with Crippen molar-refractivity contribution in [1.82, 2.24) is 0 Å². The molecule has 0 aliphatic heterocycles. The van der Waals surface area contributed by atoms with Crippen molar-refractivity contribution in [2.24, 2.45) is 0 Å². The molecule has 0 atom stereocenters. The molecule has 0 amide bonds. The fraction of sp³-hybridized carbons (Fsp3) is 0.833. The molecule has 0 bridgehead atoms. The molecule has 0 saturated carbocycles. The summed E-state index contributed by atoms with van der Waals surface area (Å²) in [6, 6.07) is 0. The number of aliphatic carboxylic acids is 2. The van der Waals surface area contributed by atoms with Crippen LogP contribution in [-0.2, 0) is 29.1 Å². The average Bonchev–Trinajstić information content (AvgIpc) is 2.93. The van der Waals surface area contributed by atoms with Gasteiger partial charge in [0.25, 0.3) is 0 Å². The van der Waals surface area contributed by atoms with Gasteiger partial charge in [0.15, 0.2) is 0 Å². The van der Waals surface area contributed by atoms with E-state index in [-0.39, 0.29) is 19.5 Å². The first-order valence-electron chi connectivity index (χ1n) is 17.3. The van der Waals surface area contributed by atoms with Gasteiger partial charge in [0.2, 0.25) is 0 Å². The molecule has 0 heterocycles. The molecule has 0 saturated heterocycles. The van der Waals surface area contributed by atoms with E-state index >= 15 is 0 Å². The first-order valence-corrected chi connectivity index (χ1v) is 17.3. The molecule has 0 aromatic rings. The number of carboxylic acids is 2. The molecular weight excluding hydrogens is 562 g/mol. The van der Waals surface area contributed by atoms with Crippen LogP contribution in [0.1, 0.15) is 194 Å². The van der Waals surface area contributed by atoms with Crippen LogP contribution in [0, 0.1) is 0 Å². The van der Waals surface area contributed by atoms with E-state index in [0.717, 1.165) is 37.8 Å². The summed E-state index contributed by atoms with van der Waals surface area (Å²) in [5.41, 5.74) is 0. The molecule has 0 aliphatic rings. The average molecular weight is 628 g/mol. The zero-order chi connectivity index (χ0) is 29.8. The number of carboxylic acid groups (broad SMARTS) is 2. The Balaban J connectivity index is -0.000000688. The minimum atomic E-state index is -1.08. The Morgan fingerprint density at radius 1 is 0.390 bits per heavy atom. The van der Waals surface area contributed by atoms with Crippen molar-refractivity contribution in [1.29, 1.82) is 0 Å². The van der Waals surface area contributed by atoms with Crippen molar-refractivity contribution in [3.05, 3.63) is 24.3 Å². The summed E-state index contributed by atoms with van der Waals surface area (Å²) in [7, 11) is 0. The van der Waals surface area contributed by atoms with Gasteiger partial charge in [0, 0.05) is 0 Å². The quantitative estimate of drug-likeness (QED) is 0.0451. The Morgan fingerprint density at radius 3 is 0.780 bits per heavy atom. The van der Waals surface area contributed by atoms with Gasteiger partial charge in [0.05, 0.1) is 11.9 Å². The predicted molar refractivity (Wildman–Crippen MR) is 169 cm³/mol. The number of hydrogen-bond acceptors (Lipinski definition) is 4. The minimum absolute atomic E-state index is 0. The first kappa shape index (κ1) is 44.5. The Hall–Kier alpha value is -0.957. The predicted octanol–water partition coefficient (Wildman–Crippen LogP) is 9.55. The molecular formula is C36H66O4Zn. The second-order valence-corrected chi connectivity index (χ2v) is 11.5. The third-order valence-corrected chi connectivity index (χ3v) is 7.46. The molecule has 0 rings (SSSR count). The minimum Gasteiger partial charge on any atom is -0.545 e. The zero-order valence-electron chi connectivity index (χ0n) is 27.4. The second-order valence-electron chi connectivity index (χ2n) is 11.5. The summed E-state index contributed by atoms with van der Waals surface area (Å²) in [5, 5.41) is 20.3. The topological polar surface area (TPSA) is 80.3 Å². The van der Waals surface area contributed by atoms with Crippen molar-refractivity contribution < 1.29 is 39.3 Å². The zero-order valence-corrected chi connectivity index (χ0v) is 30.4. The maximum absolute atomic E-state index is 10.1. The van der Waals surface area contributed by atoms with Crippen molar-refractivity contribution in [3.63, 3.8) is 0 Å². The van der Waals surface area contributed by atoms with E-state index in [1.807, 2.05) is 0 Å². The third kappa shape index (κ3) is 49.1. The van der Waals surface area contributed by atoms with Gasteiger partial charge < -0.3 is 19.8 Å². The van der Waals surface area contributed by atoms with Crippen LogP contribution in [0.4, 0.5) is 0 Å². The van der Waals surface area contributed by atoms with Gasteiger partial charge in [-0.05, 0) is 37.8 Å². The van der Waals surface area contributed by atoms with Crippen molar-refractivity contribution in [3.8, 4) is 0 Å². The molecule has 41 heavy (non-hydrogen) atoms. The van der Waals surface area contributed by atoms with Crippen LogP contribution in [-0.4, -0.2) is 11.9 Å². The van der Waals surface area contributed by atoms with Crippen molar-refractivity contribution >= 4 is 11.9 Å². The van der Waals surface area contributed by atoms with Gasteiger partial charge in [-0.25, -0.2) is 0 Å². The normalized spacial score (nSPS) is 11.0. The smallest absolute Gasteiger partial charge is 0.545 e. The summed E-state index contributed by atoms with van der Waals surface area (Å²) in [5.74, 6) is -2.17. The van der Waals surface area contributed by atoms with E-state index in [9.17, 15) is 19.8 Å². The molecule has 0 N–H and O–H groups in total. The molecule has 0 aliphatic carbocycles. The maximum Gasteiger partial charge on any atom is 2.00 e. The van der Waals surface area contributed by atoms with Crippen LogP contribution in [0.15, 0.2) is 24.3 Å². The first-order chi connectivity index (χ1) is 19.5. The molecule has 236 valence electrons. The van der Waals surface area contributed by atoms with Crippen LogP contribution >= 0.6 is 0 Å². The maximum atomic E-state index is 10.1. The number of unbranched alkanes of at least 4 members (excludes halogenated alkanes) is 26. The molecule has 5 heteroatoms. The summed E-state index contributed by atoms with van der Waals surface area (Å²) < 4.78 is 0. The number of carbonyl (C=O) groups is 2. The van der Waals surface area contributed by atoms with Crippen LogP contribution < -0.4 is 10.2 Å². The Morgan fingerprint density at radius 2 is 0.585 bits per heavy atom. The molecule has 0 aromatic heterocycles. The van der Waals surface area contributed by atoms with Gasteiger partial charge in [0.1, 0.15) is 0 Å². The fourth-order valence-electron chi connectivity index (χ4n) is 4.92. The van der Waals surface area contributed by atoms with Crippen molar-refractivity contribution in [2.75, 3.05) is 0 Å². The van der Waals surface area contributed by atoms with Crippen LogP contribution in [0.5, 0.6) is 0 Å². The Labute approximate surface area is 268 Å². The van der Waals surface area contributed by atoms with E-state index < -0.39 is 11.9 Å². The van der Waals surface area contributed by atoms with E-state index in [2.05, 4.69) is 13.8 Å². The van der Waals surface area contributed by atoms with Crippen LogP contribution in [0.25, 0.3) is 0 Å². The molecule has 0 spiro atoms. The van der Waals surface area contributed by atoms with Gasteiger partial charge in [-0.1, -0.05) is 180 Å². The molecule has 0 aromatic carbocycles. The van der Waals surface area contributed by atoms with Crippen LogP contribution in [0.3, 0.4) is 0 Å². The Bertz CT molecular complexity index is 524. The summed E-state index contributed by atoms with van der Waals surface area (Å²) in [6.45, 7) is 4.53. The van der Waals surface area contributed by atoms with Gasteiger partial charge in [-0.2, -0.15) is 0 Å². The van der Waals surface area contributed by atoms with E-state index in [1.54, 1.807) is 12.2 Å². The Kier molecular flexibility index (Phi) is 44.7. The van der Waals surface area contributed by atoms with Gasteiger partial charge >= 0.3 is 19.5 Å². The van der Waals surface area contributed by atoms with Gasteiger partial charge in [-0.3, -0.25) is 0 Å². The standard InChI is InChI=1S/2C18H34O2.Zn/c2*1-2-3-4-5-6-7-8-9-10-11-12-13-14-15-16-17-18(19)20;/h2*16-17H,2-15H2,1H3,(H,19,20);/q;;+2/p-2/b2*17-16+;. The molecule has 0 fully saturated rings. The number of rotatable bonds is 30. The fourth-order valence-corrected chi connectivity index (χ4v) is 4.92. The van der Waals surface area contributed by atoms with Crippen molar-refractivity contribution in [2.45, 2.75) is 194 Å². The summed E-state index contributed by atoms with van der Waals surface area (Å²) in [6.07, 6.45) is 42.4. The monoisotopic (exact) mass is 626 g/mol. The molecule has 4 nitrogen and oxygen atoms in total.